The van der Waals surface area contributed by atoms with Gasteiger partial charge in [0, 0.05) is 42.8 Å². The van der Waals surface area contributed by atoms with Crippen LogP contribution in [-0.2, 0) is 6.54 Å². The third kappa shape index (κ3) is 4.49. The van der Waals surface area contributed by atoms with Crippen molar-refractivity contribution in [2.24, 2.45) is 0 Å². The van der Waals surface area contributed by atoms with Gasteiger partial charge in [0.25, 0.3) is 5.91 Å². The topological polar surface area (TPSA) is 57.3 Å². The summed E-state index contributed by atoms with van der Waals surface area (Å²) in [5.74, 6) is 0.542. The molecule has 2 N–H and O–H groups in total. The Hall–Kier alpha value is -3.34. The van der Waals surface area contributed by atoms with E-state index in [1.807, 2.05) is 30.3 Å². The number of rotatable bonds is 6. The number of carbonyl (C=O) groups excluding carboxylic acids is 1. The minimum atomic E-state index is -0.112. The molecule has 3 aromatic rings. The van der Waals surface area contributed by atoms with E-state index in [1.54, 1.807) is 18.3 Å². The van der Waals surface area contributed by atoms with Crippen LogP contribution in [0.5, 0.6) is 0 Å². The van der Waals surface area contributed by atoms with Gasteiger partial charge in [-0.05, 0) is 54.8 Å². The van der Waals surface area contributed by atoms with Gasteiger partial charge in [-0.15, -0.1) is 0 Å². The molecule has 1 aliphatic rings. The summed E-state index contributed by atoms with van der Waals surface area (Å²) in [7, 11) is 0. The van der Waals surface area contributed by atoms with Gasteiger partial charge in [0.2, 0.25) is 0 Å². The van der Waals surface area contributed by atoms with Gasteiger partial charge < -0.3 is 15.5 Å². The van der Waals surface area contributed by atoms with E-state index in [0.29, 0.717) is 17.9 Å². The highest BCUT2D eigenvalue weighted by Gasteiger charge is 2.12. The molecule has 142 valence electrons. The molecule has 1 saturated heterocycles. The number of nitrogens with zero attached hydrogens (tertiary/aromatic N) is 2. The Morgan fingerprint density at radius 3 is 2.46 bits per heavy atom. The Labute approximate surface area is 165 Å². The summed E-state index contributed by atoms with van der Waals surface area (Å²) in [6, 6.07) is 21.7. The van der Waals surface area contributed by atoms with Gasteiger partial charge in [0.05, 0.1) is 0 Å². The summed E-state index contributed by atoms with van der Waals surface area (Å²) in [5, 5.41) is 6.23. The number of nitrogens with one attached hydrogen (secondary N) is 2. The summed E-state index contributed by atoms with van der Waals surface area (Å²) < 4.78 is 0. The standard InChI is InChI=1S/C23H24N4O/c28-23(25-17-18-6-2-1-3-7-18)19-12-13-24-22(16-19)26-20-8-10-21(11-9-20)27-14-4-5-15-27/h1-3,6-13,16H,4-5,14-15,17H2,(H,24,26)(H,25,28). The third-order valence-corrected chi connectivity index (χ3v) is 4.93. The normalized spacial score (nSPS) is 13.4. The van der Waals surface area contributed by atoms with Crippen molar-refractivity contribution in [3.8, 4) is 0 Å². The zero-order valence-electron chi connectivity index (χ0n) is 15.8. The van der Waals surface area contributed by atoms with Gasteiger partial charge >= 0.3 is 0 Å². The Morgan fingerprint density at radius 1 is 0.964 bits per heavy atom. The van der Waals surface area contributed by atoms with E-state index in [0.717, 1.165) is 24.3 Å². The number of hydrogen-bond donors (Lipinski definition) is 2. The van der Waals surface area contributed by atoms with E-state index in [9.17, 15) is 4.79 Å². The fraction of sp³-hybridized carbons (Fsp3) is 0.217. The van der Waals surface area contributed by atoms with Crippen molar-refractivity contribution in [2.45, 2.75) is 19.4 Å². The minimum Gasteiger partial charge on any atom is -0.372 e. The summed E-state index contributed by atoms with van der Waals surface area (Å²) in [5.41, 5.74) is 3.87. The fourth-order valence-electron chi connectivity index (χ4n) is 3.40. The van der Waals surface area contributed by atoms with Crippen LogP contribution in [-0.4, -0.2) is 24.0 Å². The Bertz CT molecular complexity index is 919. The molecule has 2 heterocycles. The molecule has 0 atom stereocenters. The maximum absolute atomic E-state index is 12.4. The summed E-state index contributed by atoms with van der Waals surface area (Å²) in [4.78, 5) is 19.2. The van der Waals surface area contributed by atoms with Gasteiger partial charge in [0.1, 0.15) is 5.82 Å². The Morgan fingerprint density at radius 2 is 1.71 bits per heavy atom. The van der Waals surface area contributed by atoms with E-state index in [1.165, 1.54) is 18.5 Å². The average molecular weight is 372 g/mol. The Balaban J connectivity index is 1.38. The molecular weight excluding hydrogens is 348 g/mol. The molecule has 0 unspecified atom stereocenters. The van der Waals surface area contributed by atoms with Crippen molar-refractivity contribution < 1.29 is 4.79 Å². The number of amides is 1. The quantitative estimate of drug-likeness (QED) is 0.675. The molecule has 0 spiro atoms. The van der Waals surface area contributed by atoms with E-state index in [2.05, 4.69) is 44.8 Å². The molecule has 0 radical (unpaired) electrons. The molecule has 5 heteroatoms. The van der Waals surface area contributed by atoms with Crippen LogP contribution in [0.3, 0.4) is 0 Å². The first-order valence-corrected chi connectivity index (χ1v) is 9.68. The van der Waals surface area contributed by atoms with Crippen LogP contribution in [0.4, 0.5) is 17.2 Å². The van der Waals surface area contributed by atoms with Crippen molar-refractivity contribution in [1.82, 2.24) is 10.3 Å². The van der Waals surface area contributed by atoms with Crippen LogP contribution in [0.25, 0.3) is 0 Å². The highest BCUT2D eigenvalue weighted by molar-refractivity contribution is 5.94. The predicted molar refractivity (Wildman–Crippen MR) is 113 cm³/mol. The van der Waals surface area contributed by atoms with Gasteiger partial charge in [-0.1, -0.05) is 30.3 Å². The number of carbonyl (C=O) groups is 1. The van der Waals surface area contributed by atoms with Crippen molar-refractivity contribution in [3.63, 3.8) is 0 Å². The van der Waals surface area contributed by atoms with Gasteiger partial charge in [-0.2, -0.15) is 0 Å². The average Bonchev–Trinajstić information content (AvgIpc) is 3.28. The van der Waals surface area contributed by atoms with Crippen molar-refractivity contribution in [1.29, 1.82) is 0 Å². The summed E-state index contributed by atoms with van der Waals surface area (Å²) in [6.07, 6.45) is 4.18. The first kappa shape index (κ1) is 18.0. The molecule has 5 nitrogen and oxygen atoms in total. The van der Waals surface area contributed by atoms with Crippen LogP contribution in [0.1, 0.15) is 28.8 Å². The van der Waals surface area contributed by atoms with Gasteiger partial charge in [0.15, 0.2) is 0 Å². The monoisotopic (exact) mass is 372 g/mol. The molecule has 28 heavy (non-hydrogen) atoms. The maximum atomic E-state index is 12.4. The molecule has 0 aliphatic carbocycles. The van der Waals surface area contributed by atoms with Crippen LogP contribution in [0.15, 0.2) is 72.9 Å². The summed E-state index contributed by atoms with van der Waals surface area (Å²) in [6.45, 7) is 2.77. The zero-order chi connectivity index (χ0) is 19.2. The second-order valence-electron chi connectivity index (χ2n) is 6.96. The van der Waals surface area contributed by atoms with E-state index >= 15 is 0 Å². The van der Waals surface area contributed by atoms with Gasteiger partial charge in [-0.3, -0.25) is 4.79 Å². The van der Waals surface area contributed by atoms with Crippen molar-refractivity contribution in [3.05, 3.63) is 84.1 Å². The zero-order valence-corrected chi connectivity index (χ0v) is 15.8. The second-order valence-corrected chi connectivity index (χ2v) is 6.96. The van der Waals surface area contributed by atoms with E-state index in [4.69, 9.17) is 0 Å². The SMILES string of the molecule is O=C(NCc1ccccc1)c1ccnc(Nc2ccc(N3CCCC3)cc2)c1. The molecule has 0 bridgehead atoms. The Kier molecular flexibility index (Phi) is 5.52. The molecule has 0 saturated carbocycles. The predicted octanol–water partition coefficient (Wildman–Crippen LogP) is 4.36. The number of benzene rings is 2. The first-order chi connectivity index (χ1) is 13.8. The van der Waals surface area contributed by atoms with Crippen LogP contribution in [0, 0.1) is 0 Å². The molecule has 1 amide bonds. The highest BCUT2D eigenvalue weighted by Crippen LogP contribution is 2.23. The van der Waals surface area contributed by atoms with E-state index < -0.39 is 0 Å². The maximum Gasteiger partial charge on any atom is 0.251 e. The lowest BCUT2D eigenvalue weighted by Gasteiger charge is -2.18. The molecular formula is C23H24N4O. The smallest absolute Gasteiger partial charge is 0.251 e. The molecule has 4 rings (SSSR count). The van der Waals surface area contributed by atoms with Crippen molar-refractivity contribution >= 4 is 23.1 Å². The number of anilines is 3. The highest BCUT2D eigenvalue weighted by atomic mass is 16.1. The number of hydrogen-bond acceptors (Lipinski definition) is 4. The number of aromatic nitrogens is 1. The summed E-state index contributed by atoms with van der Waals surface area (Å²) >= 11 is 0. The lowest BCUT2D eigenvalue weighted by molar-refractivity contribution is 0.0951. The largest absolute Gasteiger partial charge is 0.372 e. The number of pyridine rings is 1. The lowest BCUT2D eigenvalue weighted by Crippen LogP contribution is -2.22. The molecule has 1 fully saturated rings. The van der Waals surface area contributed by atoms with E-state index in [-0.39, 0.29) is 5.91 Å². The molecule has 1 aromatic heterocycles. The minimum absolute atomic E-state index is 0.112. The third-order valence-electron chi connectivity index (χ3n) is 4.93. The van der Waals surface area contributed by atoms with Gasteiger partial charge in [-0.25, -0.2) is 4.98 Å². The fourth-order valence-corrected chi connectivity index (χ4v) is 3.40. The molecule has 2 aromatic carbocycles. The first-order valence-electron chi connectivity index (χ1n) is 9.68. The van der Waals surface area contributed by atoms with Crippen LogP contribution >= 0.6 is 0 Å². The molecule has 1 aliphatic heterocycles. The van der Waals surface area contributed by atoms with Crippen LogP contribution < -0.4 is 15.5 Å². The van der Waals surface area contributed by atoms with Crippen molar-refractivity contribution in [2.75, 3.05) is 23.3 Å². The lowest BCUT2D eigenvalue weighted by atomic mass is 10.2. The van der Waals surface area contributed by atoms with Crippen LogP contribution in [0.2, 0.25) is 0 Å². The second kappa shape index (κ2) is 8.57.